The number of pyridine rings is 1. The number of ketones is 1. The Bertz CT molecular complexity index is 986. The minimum Gasteiger partial charge on any atom is -0.488 e. The number of ether oxygens (including phenoxy) is 2. The van der Waals surface area contributed by atoms with Gasteiger partial charge in [-0.2, -0.15) is 0 Å². The van der Waals surface area contributed by atoms with E-state index in [1.165, 1.54) is 5.57 Å². The molecule has 6 heteroatoms. The maximum Gasteiger partial charge on any atom is 0.409 e. The Morgan fingerprint density at radius 2 is 2.00 bits per heavy atom. The average molecular weight is 392 g/mol. The van der Waals surface area contributed by atoms with E-state index >= 15 is 0 Å². The van der Waals surface area contributed by atoms with Crippen LogP contribution in [0.2, 0.25) is 0 Å². The predicted molar refractivity (Wildman–Crippen MR) is 109 cm³/mol. The maximum absolute atomic E-state index is 12.1. The van der Waals surface area contributed by atoms with Gasteiger partial charge in [-0.25, -0.2) is 4.79 Å². The quantitative estimate of drug-likeness (QED) is 0.716. The smallest absolute Gasteiger partial charge is 0.409 e. The van der Waals surface area contributed by atoms with Crippen LogP contribution in [0.5, 0.6) is 5.75 Å². The third-order valence-electron chi connectivity index (χ3n) is 5.41. The zero-order valence-corrected chi connectivity index (χ0v) is 16.7. The van der Waals surface area contributed by atoms with Crippen LogP contribution in [0.1, 0.15) is 53.9 Å². The highest BCUT2D eigenvalue weighted by Crippen LogP contribution is 2.40. The van der Waals surface area contributed by atoms with Gasteiger partial charge in [0.05, 0.1) is 12.3 Å². The van der Waals surface area contributed by atoms with Gasteiger partial charge < -0.3 is 14.4 Å². The summed E-state index contributed by atoms with van der Waals surface area (Å²) < 4.78 is 11.2. The van der Waals surface area contributed by atoms with Crippen LogP contribution < -0.4 is 4.74 Å². The van der Waals surface area contributed by atoms with Gasteiger partial charge in [-0.1, -0.05) is 11.6 Å². The van der Waals surface area contributed by atoms with Gasteiger partial charge in [0.15, 0.2) is 5.78 Å². The molecule has 0 bridgehead atoms. The van der Waals surface area contributed by atoms with E-state index in [0.29, 0.717) is 31.9 Å². The lowest BCUT2D eigenvalue weighted by atomic mass is 9.88. The molecule has 150 valence electrons. The van der Waals surface area contributed by atoms with Crippen LogP contribution in [-0.4, -0.2) is 41.5 Å². The van der Waals surface area contributed by atoms with Crippen LogP contribution >= 0.6 is 0 Å². The molecule has 0 atom stereocenters. The van der Waals surface area contributed by atoms with Gasteiger partial charge in [0, 0.05) is 41.5 Å². The molecule has 6 nitrogen and oxygen atoms in total. The van der Waals surface area contributed by atoms with Crippen LogP contribution in [0.4, 0.5) is 4.79 Å². The molecule has 0 spiro atoms. The van der Waals surface area contributed by atoms with Gasteiger partial charge in [0.25, 0.3) is 0 Å². The van der Waals surface area contributed by atoms with Crippen molar-refractivity contribution in [2.24, 2.45) is 0 Å². The number of amides is 1. The van der Waals surface area contributed by atoms with Crippen molar-refractivity contribution in [1.82, 2.24) is 9.88 Å². The minimum absolute atomic E-state index is 0.0137. The van der Waals surface area contributed by atoms with E-state index in [1.54, 1.807) is 24.1 Å². The van der Waals surface area contributed by atoms with Crippen LogP contribution in [0, 0.1) is 0 Å². The van der Waals surface area contributed by atoms with Gasteiger partial charge in [-0.15, -0.1) is 0 Å². The number of piperidine rings is 1. The molecule has 0 unspecified atom stereocenters. The highest BCUT2D eigenvalue weighted by Gasteiger charge is 2.27. The first kappa shape index (κ1) is 19.2. The van der Waals surface area contributed by atoms with Gasteiger partial charge in [-0.3, -0.25) is 9.78 Å². The monoisotopic (exact) mass is 392 g/mol. The molecule has 0 saturated carbocycles. The van der Waals surface area contributed by atoms with Gasteiger partial charge >= 0.3 is 6.09 Å². The number of Topliss-reactive ketones (excluding diaryl/α,β-unsaturated/α-hetero) is 1. The fourth-order valence-corrected chi connectivity index (χ4v) is 3.92. The first-order chi connectivity index (χ1) is 14.1. The highest BCUT2D eigenvalue weighted by molar-refractivity contribution is 5.96. The summed E-state index contributed by atoms with van der Waals surface area (Å²) in [4.78, 5) is 30.5. The summed E-state index contributed by atoms with van der Waals surface area (Å²) in [6.07, 6.45) is 2.98. The number of carbonyl (C=O) groups excluding carboxylic acids is 2. The van der Waals surface area contributed by atoms with Crippen molar-refractivity contribution >= 4 is 17.4 Å². The molecule has 1 amide bonds. The van der Waals surface area contributed by atoms with Crippen LogP contribution in [0.25, 0.3) is 5.57 Å². The van der Waals surface area contributed by atoms with E-state index in [4.69, 9.17) is 9.47 Å². The van der Waals surface area contributed by atoms with E-state index in [0.717, 1.165) is 41.0 Å². The topological polar surface area (TPSA) is 68.7 Å². The molecule has 29 heavy (non-hydrogen) atoms. The second kappa shape index (κ2) is 8.07. The van der Waals surface area contributed by atoms with Crippen molar-refractivity contribution in [2.75, 3.05) is 19.7 Å². The molecule has 0 N–H and O–H groups in total. The SMILES string of the molecule is CCOC(=O)N1CCC(=C2c3cc(C(C)=O)ccc3OCc3cccnc32)CC1. The molecule has 1 fully saturated rings. The molecule has 4 rings (SSSR count). The Kier molecular flexibility index (Phi) is 5.34. The highest BCUT2D eigenvalue weighted by atomic mass is 16.6. The number of carbonyl (C=O) groups is 2. The van der Waals surface area contributed by atoms with Crippen LogP contribution in [0.3, 0.4) is 0 Å². The number of nitrogens with zero attached hydrogens (tertiary/aromatic N) is 2. The number of fused-ring (bicyclic) bond motifs is 2. The first-order valence-corrected chi connectivity index (χ1v) is 9.94. The molecule has 1 saturated heterocycles. The van der Waals surface area contributed by atoms with Crippen molar-refractivity contribution in [1.29, 1.82) is 0 Å². The second-order valence-corrected chi connectivity index (χ2v) is 7.23. The number of hydrogen-bond acceptors (Lipinski definition) is 5. The zero-order valence-electron chi connectivity index (χ0n) is 16.7. The van der Waals surface area contributed by atoms with Gasteiger partial charge in [-0.05, 0) is 51.0 Å². The maximum atomic E-state index is 12.1. The summed E-state index contributed by atoms with van der Waals surface area (Å²) in [6, 6.07) is 9.50. The van der Waals surface area contributed by atoms with E-state index in [-0.39, 0.29) is 11.9 Å². The number of hydrogen-bond donors (Lipinski definition) is 0. The largest absolute Gasteiger partial charge is 0.488 e. The molecule has 0 radical (unpaired) electrons. The zero-order chi connectivity index (χ0) is 20.4. The van der Waals surface area contributed by atoms with E-state index in [9.17, 15) is 9.59 Å². The average Bonchev–Trinajstić information content (AvgIpc) is 2.90. The van der Waals surface area contributed by atoms with Crippen LogP contribution in [0.15, 0.2) is 42.1 Å². The molecule has 2 aromatic rings. The summed E-state index contributed by atoms with van der Waals surface area (Å²) in [6.45, 7) is 5.38. The standard InChI is InChI=1S/C23H24N2O4/c1-3-28-23(27)25-11-8-16(9-12-25)21-19-13-17(15(2)26)6-7-20(19)29-14-18-5-4-10-24-22(18)21/h4-7,10,13H,3,8-9,11-12,14H2,1-2H3. The summed E-state index contributed by atoms with van der Waals surface area (Å²) in [5, 5.41) is 0. The molecule has 1 aromatic carbocycles. The molecular weight excluding hydrogens is 368 g/mol. The summed E-state index contributed by atoms with van der Waals surface area (Å²) in [5.41, 5.74) is 5.70. The van der Waals surface area contributed by atoms with Crippen molar-refractivity contribution in [2.45, 2.75) is 33.3 Å². The van der Waals surface area contributed by atoms with Gasteiger partial charge in [0.2, 0.25) is 0 Å². The molecule has 2 aliphatic heterocycles. The predicted octanol–water partition coefficient (Wildman–Crippen LogP) is 4.23. The Balaban J connectivity index is 1.80. The molecule has 1 aromatic heterocycles. The van der Waals surface area contributed by atoms with E-state index < -0.39 is 0 Å². The number of rotatable bonds is 2. The number of benzene rings is 1. The molecular formula is C23H24N2O4. The van der Waals surface area contributed by atoms with Crippen molar-refractivity contribution < 1.29 is 19.1 Å². The Morgan fingerprint density at radius 3 is 2.72 bits per heavy atom. The Morgan fingerprint density at radius 1 is 1.21 bits per heavy atom. The summed E-state index contributed by atoms with van der Waals surface area (Å²) >= 11 is 0. The van der Waals surface area contributed by atoms with Crippen molar-refractivity contribution in [3.05, 3.63) is 64.5 Å². The molecule has 0 aliphatic carbocycles. The normalized spacial score (nSPS) is 15.7. The van der Waals surface area contributed by atoms with E-state index in [1.807, 2.05) is 31.2 Å². The third-order valence-corrected chi connectivity index (χ3v) is 5.41. The Hall–Kier alpha value is -3.15. The van der Waals surface area contributed by atoms with Crippen molar-refractivity contribution in [3.63, 3.8) is 0 Å². The number of likely N-dealkylation sites (tertiary alicyclic amines) is 1. The minimum atomic E-state index is -0.265. The number of aromatic nitrogens is 1. The lowest BCUT2D eigenvalue weighted by molar-refractivity contribution is 0.101. The van der Waals surface area contributed by atoms with Crippen molar-refractivity contribution in [3.8, 4) is 5.75 Å². The van der Waals surface area contributed by atoms with Crippen LogP contribution in [-0.2, 0) is 11.3 Å². The third kappa shape index (κ3) is 3.75. The Labute approximate surface area is 170 Å². The molecule has 3 heterocycles. The van der Waals surface area contributed by atoms with E-state index in [2.05, 4.69) is 4.98 Å². The lowest BCUT2D eigenvalue weighted by Gasteiger charge is -2.29. The lowest BCUT2D eigenvalue weighted by Crippen LogP contribution is -2.37. The fraction of sp³-hybridized carbons (Fsp3) is 0.348. The fourth-order valence-electron chi connectivity index (χ4n) is 3.92. The summed E-state index contributed by atoms with van der Waals surface area (Å²) in [7, 11) is 0. The molecule has 2 aliphatic rings. The second-order valence-electron chi connectivity index (χ2n) is 7.23. The first-order valence-electron chi connectivity index (χ1n) is 9.94. The van der Waals surface area contributed by atoms with Gasteiger partial charge in [0.1, 0.15) is 12.4 Å². The summed E-state index contributed by atoms with van der Waals surface area (Å²) in [5.74, 6) is 0.767.